The van der Waals surface area contributed by atoms with Crippen LogP contribution in [0.5, 0.6) is 0 Å². The lowest BCUT2D eigenvalue weighted by Gasteiger charge is -1.90. The minimum absolute atomic E-state index is 0.323. The molecule has 0 radical (unpaired) electrons. The fourth-order valence-electron chi connectivity index (χ4n) is 1.23. The predicted octanol–water partition coefficient (Wildman–Crippen LogP) is 0.251. The van der Waals surface area contributed by atoms with Crippen molar-refractivity contribution in [1.82, 2.24) is 9.90 Å². The van der Waals surface area contributed by atoms with Crippen LogP contribution in [0.2, 0.25) is 0 Å². The SMILES string of the molecule is CCCCn1n[n+](C)c(C#N)c1C#N. The highest BCUT2D eigenvalue weighted by Crippen LogP contribution is 2.02. The van der Waals surface area contributed by atoms with Crippen LogP contribution >= 0.6 is 0 Å². The summed E-state index contributed by atoms with van der Waals surface area (Å²) in [6, 6.07) is 3.97. The molecule has 0 N–H and O–H groups in total. The Kier molecular flexibility index (Phi) is 3.19. The molecule has 0 fully saturated rings. The van der Waals surface area contributed by atoms with E-state index in [1.807, 2.05) is 12.1 Å². The molecule has 1 rings (SSSR count). The van der Waals surface area contributed by atoms with E-state index in [-0.39, 0.29) is 0 Å². The van der Waals surface area contributed by atoms with Crippen molar-refractivity contribution in [2.45, 2.75) is 26.3 Å². The first-order chi connectivity index (χ1) is 6.74. The van der Waals surface area contributed by atoms with Crippen LogP contribution in [0.4, 0.5) is 0 Å². The molecule has 1 aromatic rings. The van der Waals surface area contributed by atoms with Crippen molar-refractivity contribution in [2.24, 2.45) is 7.05 Å². The molecule has 0 spiro atoms. The van der Waals surface area contributed by atoms with Crippen LogP contribution in [0.1, 0.15) is 31.2 Å². The molecular weight excluding hydrogens is 178 g/mol. The molecule has 0 saturated heterocycles. The number of rotatable bonds is 3. The van der Waals surface area contributed by atoms with Gasteiger partial charge in [-0.05, 0) is 6.42 Å². The number of unbranched alkanes of at least 4 members (excludes halogenated alkanes) is 1. The van der Waals surface area contributed by atoms with Crippen LogP contribution in [-0.4, -0.2) is 9.90 Å². The second-order valence-electron chi connectivity index (χ2n) is 3.01. The molecule has 0 aliphatic rings. The lowest BCUT2D eigenvalue weighted by Crippen LogP contribution is -2.34. The van der Waals surface area contributed by atoms with Crippen LogP contribution in [0.15, 0.2) is 0 Å². The minimum atomic E-state index is 0.323. The maximum Gasteiger partial charge on any atom is 0.285 e. The molecule has 0 atom stereocenters. The summed E-state index contributed by atoms with van der Waals surface area (Å²) in [5, 5.41) is 21.7. The van der Waals surface area contributed by atoms with Crippen molar-refractivity contribution in [3.05, 3.63) is 11.4 Å². The number of aryl methyl sites for hydroxylation is 2. The normalized spacial score (nSPS) is 9.43. The van der Waals surface area contributed by atoms with Gasteiger partial charge in [0.2, 0.25) is 0 Å². The molecule has 0 bridgehead atoms. The first-order valence-corrected chi connectivity index (χ1v) is 4.51. The third-order valence-electron chi connectivity index (χ3n) is 1.98. The third-order valence-corrected chi connectivity index (χ3v) is 1.98. The Morgan fingerprint density at radius 3 is 2.64 bits per heavy atom. The highest BCUT2D eigenvalue weighted by atomic mass is 15.5. The van der Waals surface area contributed by atoms with Crippen LogP contribution in [0.25, 0.3) is 0 Å². The van der Waals surface area contributed by atoms with Crippen molar-refractivity contribution in [1.29, 1.82) is 10.5 Å². The Morgan fingerprint density at radius 2 is 2.14 bits per heavy atom. The van der Waals surface area contributed by atoms with E-state index in [0.717, 1.165) is 12.8 Å². The quantitative estimate of drug-likeness (QED) is 0.641. The van der Waals surface area contributed by atoms with Gasteiger partial charge in [-0.2, -0.15) is 10.5 Å². The van der Waals surface area contributed by atoms with Crippen LogP contribution in [0, 0.1) is 22.7 Å². The summed E-state index contributed by atoms with van der Waals surface area (Å²) in [4.78, 5) is 0. The lowest BCUT2D eigenvalue weighted by molar-refractivity contribution is -0.734. The van der Waals surface area contributed by atoms with Crippen molar-refractivity contribution < 1.29 is 4.68 Å². The van der Waals surface area contributed by atoms with E-state index in [9.17, 15) is 0 Å². The Balaban J connectivity index is 3.08. The smallest absolute Gasteiger partial charge is 0.188 e. The summed E-state index contributed by atoms with van der Waals surface area (Å²) in [6.45, 7) is 2.76. The second-order valence-corrected chi connectivity index (χ2v) is 3.01. The van der Waals surface area contributed by atoms with Gasteiger partial charge in [-0.25, -0.2) is 0 Å². The summed E-state index contributed by atoms with van der Waals surface area (Å²) in [7, 11) is 1.67. The molecule has 1 aromatic heterocycles. The Bertz CT molecular complexity index is 404. The molecule has 0 unspecified atom stereocenters. The van der Waals surface area contributed by atoms with Gasteiger partial charge in [0.15, 0.2) is 12.1 Å². The molecule has 5 heteroatoms. The van der Waals surface area contributed by atoms with Crippen LogP contribution < -0.4 is 4.68 Å². The van der Waals surface area contributed by atoms with Gasteiger partial charge in [-0.15, -0.1) is 9.36 Å². The van der Waals surface area contributed by atoms with E-state index in [0.29, 0.717) is 17.9 Å². The average molecular weight is 190 g/mol. The molecule has 14 heavy (non-hydrogen) atoms. The Hall–Kier alpha value is -1.88. The van der Waals surface area contributed by atoms with Crippen molar-refractivity contribution in [3.63, 3.8) is 0 Å². The monoisotopic (exact) mass is 190 g/mol. The van der Waals surface area contributed by atoms with Crippen molar-refractivity contribution in [2.75, 3.05) is 0 Å². The van der Waals surface area contributed by atoms with Gasteiger partial charge in [0.25, 0.3) is 11.4 Å². The van der Waals surface area contributed by atoms with E-state index >= 15 is 0 Å². The Morgan fingerprint density at radius 1 is 1.43 bits per heavy atom. The van der Waals surface area contributed by atoms with E-state index in [1.165, 1.54) is 4.68 Å². The topological polar surface area (TPSA) is 69.3 Å². The Labute approximate surface area is 82.8 Å². The first kappa shape index (κ1) is 10.2. The van der Waals surface area contributed by atoms with E-state index in [1.54, 1.807) is 11.7 Å². The molecule has 0 saturated carbocycles. The molecule has 1 heterocycles. The molecule has 72 valence electrons. The van der Waals surface area contributed by atoms with Gasteiger partial charge in [-0.1, -0.05) is 13.3 Å². The number of nitrogens with zero attached hydrogens (tertiary/aromatic N) is 5. The van der Waals surface area contributed by atoms with Gasteiger partial charge >= 0.3 is 0 Å². The van der Waals surface area contributed by atoms with Crippen molar-refractivity contribution in [3.8, 4) is 12.1 Å². The number of nitriles is 2. The van der Waals surface area contributed by atoms with E-state index in [2.05, 4.69) is 12.1 Å². The minimum Gasteiger partial charge on any atom is -0.188 e. The van der Waals surface area contributed by atoms with Gasteiger partial charge < -0.3 is 0 Å². The number of aromatic nitrogens is 3. The highest BCUT2D eigenvalue weighted by Gasteiger charge is 2.22. The van der Waals surface area contributed by atoms with Crippen LogP contribution in [0.3, 0.4) is 0 Å². The standard InChI is InChI=1S/C9H12N5/c1-3-4-5-14-9(7-11)8(6-10)13(2)12-14/h3-5H2,1-2H3/q+1. The van der Waals surface area contributed by atoms with E-state index in [4.69, 9.17) is 10.5 Å². The summed E-state index contributed by atoms with van der Waals surface area (Å²) in [6.07, 6.45) is 2.00. The van der Waals surface area contributed by atoms with Crippen LogP contribution in [-0.2, 0) is 13.6 Å². The zero-order valence-electron chi connectivity index (χ0n) is 8.36. The molecule has 0 aliphatic heterocycles. The van der Waals surface area contributed by atoms with Gasteiger partial charge in [0.05, 0.1) is 5.21 Å². The second kappa shape index (κ2) is 4.38. The first-order valence-electron chi connectivity index (χ1n) is 4.51. The molecular formula is C9H12N5+. The van der Waals surface area contributed by atoms with Gasteiger partial charge in [0, 0.05) is 0 Å². The third kappa shape index (κ3) is 1.72. The lowest BCUT2D eigenvalue weighted by atomic mass is 10.3. The fourth-order valence-corrected chi connectivity index (χ4v) is 1.23. The van der Waals surface area contributed by atoms with Gasteiger partial charge in [-0.3, -0.25) is 0 Å². The largest absolute Gasteiger partial charge is 0.285 e. The summed E-state index contributed by atoms with van der Waals surface area (Å²) in [5.41, 5.74) is 0.673. The molecule has 0 aromatic carbocycles. The predicted molar refractivity (Wildman–Crippen MR) is 47.7 cm³/mol. The summed E-state index contributed by atoms with van der Waals surface area (Å²) >= 11 is 0. The average Bonchev–Trinajstić information content (AvgIpc) is 2.50. The number of hydrogen-bond acceptors (Lipinski definition) is 3. The molecule has 5 nitrogen and oxygen atoms in total. The zero-order valence-corrected chi connectivity index (χ0v) is 8.36. The molecule has 0 amide bonds. The van der Waals surface area contributed by atoms with E-state index < -0.39 is 0 Å². The number of hydrogen-bond donors (Lipinski definition) is 0. The maximum absolute atomic E-state index is 8.87. The highest BCUT2D eigenvalue weighted by molar-refractivity contribution is 5.31. The maximum atomic E-state index is 8.87. The van der Waals surface area contributed by atoms with Gasteiger partial charge in [0.1, 0.15) is 13.6 Å². The summed E-state index contributed by atoms with van der Waals surface area (Å²) < 4.78 is 3.02. The zero-order chi connectivity index (χ0) is 10.6. The van der Waals surface area contributed by atoms with Crippen molar-refractivity contribution >= 4 is 0 Å². The summed E-state index contributed by atoms with van der Waals surface area (Å²) in [5.74, 6) is 0. The molecule has 0 aliphatic carbocycles. The fraction of sp³-hybridized carbons (Fsp3) is 0.556.